The number of sulfonamides is 1. The third-order valence-electron chi connectivity index (χ3n) is 3.98. The molecule has 0 spiro atoms. The molecule has 3 nitrogen and oxygen atoms in total. The van der Waals surface area contributed by atoms with Crippen LogP contribution in [0.2, 0.25) is 0 Å². The summed E-state index contributed by atoms with van der Waals surface area (Å²) >= 11 is 0. The molecule has 0 amide bonds. The van der Waals surface area contributed by atoms with E-state index in [1.54, 1.807) is 0 Å². The highest BCUT2D eigenvalue weighted by Crippen LogP contribution is 2.23. The summed E-state index contributed by atoms with van der Waals surface area (Å²) in [6, 6.07) is 26.6. The number of anilines is 1. The number of benzene rings is 3. The average molecular weight is 351 g/mol. The minimum Gasteiger partial charge on any atom is -0.266 e. The Kier molecular flexibility index (Phi) is 5.19. The first-order valence-corrected chi connectivity index (χ1v) is 9.80. The van der Waals surface area contributed by atoms with Crippen LogP contribution in [0.15, 0.2) is 84.9 Å². The minimum atomic E-state index is -3.51. The van der Waals surface area contributed by atoms with Crippen molar-refractivity contribution in [2.75, 3.05) is 4.31 Å². The van der Waals surface area contributed by atoms with E-state index in [-0.39, 0.29) is 5.75 Å². The van der Waals surface area contributed by atoms with Gasteiger partial charge in [-0.3, -0.25) is 4.31 Å². The fraction of sp³-hybridized carbons (Fsp3) is 0.143. The van der Waals surface area contributed by atoms with Crippen LogP contribution in [-0.4, -0.2) is 8.42 Å². The highest BCUT2D eigenvalue weighted by Gasteiger charge is 2.23. The van der Waals surface area contributed by atoms with E-state index < -0.39 is 10.0 Å². The Bertz CT molecular complexity index is 922. The van der Waals surface area contributed by atoms with Crippen LogP contribution in [-0.2, 0) is 22.3 Å². The van der Waals surface area contributed by atoms with Gasteiger partial charge >= 0.3 is 0 Å². The maximum Gasteiger partial charge on any atom is 0.239 e. The normalized spacial score (nSPS) is 11.2. The monoisotopic (exact) mass is 351 g/mol. The van der Waals surface area contributed by atoms with Gasteiger partial charge in [-0.1, -0.05) is 78.4 Å². The molecule has 0 radical (unpaired) electrons. The van der Waals surface area contributed by atoms with Crippen molar-refractivity contribution in [3.8, 4) is 0 Å². The number of hydrogen-bond acceptors (Lipinski definition) is 2. The highest BCUT2D eigenvalue weighted by molar-refractivity contribution is 7.92. The molecule has 0 aliphatic heterocycles. The molecule has 3 aromatic carbocycles. The van der Waals surface area contributed by atoms with Gasteiger partial charge in [0.15, 0.2) is 0 Å². The molecule has 0 aromatic heterocycles. The van der Waals surface area contributed by atoms with E-state index in [1.807, 2.05) is 91.9 Å². The number of aryl methyl sites for hydroxylation is 1. The van der Waals surface area contributed by atoms with Crippen LogP contribution < -0.4 is 4.31 Å². The Hall–Kier alpha value is -2.59. The SMILES string of the molecule is Cc1cccc(CS(=O)(=O)N(Cc2ccccc2)c2ccccc2)c1. The number of para-hydroxylation sites is 1. The number of hydrogen-bond donors (Lipinski definition) is 0. The topological polar surface area (TPSA) is 37.4 Å². The molecule has 0 fully saturated rings. The Morgan fingerprint density at radius 1 is 0.760 bits per heavy atom. The highest BCUT2D eigenvalue weighted by atomic mass is 32.2. The maximum atomic E-state index is 13.1. The average Bonchev–Trinajstić information content (AvgIpc) is 2.61. The van der Waals surface area contributed by atoms with Gasteiger partial charge in [0.1, 0.15) is 0 Å². The van der Waals surface area contributed by atoms with Gasteiger partial charge in [-0.25, -0.2) is 8.42 Å². The van der Waals surface area contributed by atoms with Crippen LogP contribution in [0.5, 0.6) is 0 Å². The van der Waals surface area contributed by atoms with Crippen molar-refractivity contribution in [3.63, 3.8) is 0 Å². The molecule has 3 aromatic rings. The zero-order chi connectivity index (χ0) is 17.7. The summed E-state index contributed by atoms with van der Waals surface area (Å²) in [5, 5.41) is 0. The molecule has 0 aliphatic rings. The van der Waals surface area contributed by atoms with E-state index in [2.05, 4.69) is 0 Å². The summed E-state index contributed by atoms with van der Waals surface area (Å²) in [6.45, 7) is 2.29. The molecular formula is C21H21NO2S. The Morgan fingerprint density at radius 2 is 1.36 bits per heavy atom. The lowest BCUT2D eigenvalue weighted by molar-refractivity contribution is 0.589. The third kappa shape index (κ3) is 4.48. The summed E-state index contributed by atoms with van der Waals surface area (Å²) in [5.41, 5.74) is 3.49. The largest absolute Gasteiger partial charge is 0.266 e. The van der Waals surface area contributed by atoms with E-state index in [4.69, 9.17) is 0 Å². The van der Waals surface area contributed by atoms with E-state index in [9.17, 15) is 8.42 Å². The van der Waals surface area contributed by atoms with Crippen molar-refractivity contribution in [3.05, 3.63) is 102 Å². The molecule has 0 unspecified atom stereocenters. The van der Waals surface area contributed by atoms with Crippen molar-refractivity contribution in [2.45, 2.75) is 19.2 Å². The van der Waals surface area contributed by atoms with Crippen molar-refractivity contribution in [2.24, 2.45) is 0 Å². The van der Waals surface area contributed by atoms with Gasteiger partial charge in [0.05, 0.1) is 18.0 Å². The second kappa shape index (κ2) is 7.53. The molecule has 128 valence electrons. The predicted molar refractivity (Wildman–Crippen MR) is 103 cm³/mol. The number of nitrogens with zero attached hydrogens (tertiary/aromatic N) is 1. The van der Waals surface area contributed by atoms with E-state index >= 15 is 0 Å². The fourth-order valence-electron chi connectivity index (χ4n) is 2.78. The van der Waals surface area contributed by atoms with Crippen molar-refractivity contribution >= 4 is 15.7 Å². The zero-order valence-corrected chi connectivity index (χ0v) is 15.0. The second-order valence-corrected chi connectivity index (χ2v) is 7.97. The quantitative estimate of drug-likeness (QED) is 0.654. The lowest BCUT2D eigenvalue weighted by atomic mass is 10.2. The molecule has 3 rings (SSSR count). The van der Waals surface area contributed by atoms with Crippen molar-refractivity contribution < 1.29 is 8.42 Å². The smallest absolute Gasteiger partial charge is 0.239 e. The summed E-state index contributed by atoms with van der Waals surface area (Å²) in [5.74, 6) is -0.0175. The van der Waals surface area contributed by atoms with E-state index in [0.717, 1.165) is 16.7 Å². The van der Waals surface area contributed by atoms with E-state index in [1.165, 1.54) is 4.31 Å². The van der Waals surface area contributed by atoms with Crippen LogP contribution in [0, 0.1) is 6.92 Å². The van der Waals surface area contributed by atoms with Crippen LogP contribution in [0.4, 0.5) is 5.69 Å². The standard InChI is InChI=1S/C21H21NO2S/c1-18-9-8-12-20(15-18)17-25(23,24)22(21-13-6-3-7-14-21)16-19-10-4-2-5-11-19/h2-15H,16-17H2,1H3. The lowest BCUT2D eigenvalue weighted by Gasteiger charge is -2.25. The Balaban J connectivity index is 1.95. The molecule has 0 bridgehead atoms. The minimum absolute atomic E-state index is 0.0175. The summed E-state index contributed by atoms with van der Waals surface area (Å²) in [6.07, 6.45) is 0. The summed E-state index contributed by atoms with van der Waals surface area (Å²) in [7, 11) is -3.51. The summed E-state index contributed by atoms with van der Waals surface area (Å²) in [4.78, 5) is 0. The predicted octanol–water partition coefficient (Wildman–Crippen LogP) is 4.53. The Morgan fingerprint density at radius 3 is 2.00 bits per heavy atom. The van der Waals surface area contributed by atoms with Gasteiger partial charge in [-0.15, -0.1) is 0 Å². The maximum absolute atomic E-state index is 13.1. The second-order valence-electron chi connectivity index (χ2n) is 6.07. The molecule has 0 aliphatic carbocycles. The van der Waals surface area contributed by atoms with Crippen molar-refractivity contribution in [1.29, 1.82) is 0 Å². The molecular weight excluding hydrogens is 330 g/mol. The first-order chi connectivity index (χ1) is 12.0. The van der Waals surface area contributed by atoms with Crippen LogP contribution in [0.25, 0.3) is 0 Å². The molecule has 0 heterocycles. The summed E-state index contributed by atoms with van der Waals surface area (Å²) < 4.78 is 27.8. The van der Waals surface area contributed by atoms with Gasteiger partial charge in [0.2, 0.25) is 10.0 Å². The molecule has 0 N–H and O–H groups in total. The van der Waals surface area contributed by atoms with Crippen LogP contribution >= 0.6 is 0 Å². The fourth-order valence-corrected chi connectivity index (χ4v) is 4.33. The lowest BCUT2D eigenvalue weighted by Crippen LogP contribution is -2.31. The zero-order valence-electron chi connectivity index (χ0n) is 14.2. The van der Waals surface area contributed by atoms with Crippen LogP contribution in [0.1, 0.15) is 16.7 Å². The van der Waals surface area contributed by atoms with Gasteiger partial charge in [0, 0.05) is 0 Å². The Labute approximate surface area is 149 Å². The third-order valence-corrected chi connectivity index (χ3v) is 5.69. The molecule has 0 saturated heterocycles. The van der Waals surface area contributed by atoms with Gasteiger partial charge < -0.3 is 0 Å². The van der Waals surface area contributed by atoms with Gasteiger partial charge in [-0.2, -0.15) is 0 Å². The first-order valence-electron chi connectivity index (χ1n) is 8.19. The van der Waals surface area contributed by atoms with Crippen molar-refractivity contribution in [1.82, 2.24) is 0 Å². The first kappa shape index (κ1) is 17.2. The number of rotatable bonds is 6. The molecule has 4 heteroatoms. The molecule has 0 saturated carbocycles. The van der Waals surface area contributed by atoms with Gasteiger partial charge in [-0.05, 0) is 30.2 Å². The van der Waals surface area contributed by atoms with Gasteiger partial charge in [0.25, 0.3) is 0 Å². The molecule has 25 heavy (non-hydrogen) atoms. The molecule has 0 atom stereocenters. The van der Waals surface area contributed by atoms with E-state index in [0.29, 0.717) is 12.2 Å². The van der Waals surface area contributed by atoms with Crippen LogP contribution in [0.3, 0.4) is 0 Å².